The largest absolute Gasteiger partial charge is 0.310 e. The van der Waals surface area contributed by atoms with Crippen molar-refractivity contribution in [2.24, 2.45) is 0 Å². The van der Waals surface area contributed by atoms with Crippen molar-refractivity contribution < 1.29 is 0 Å². The van der Waals surface area contributed by atoms with Gasteiger partial charge in [-0.25, -0.2) is 0 Å². The molecule has 0 aliphatic heterocycles. The van der Waals surface area contributed by atoms with Crippen molar-refractivity contribution in [1.82, 2.24) is 0 Å². The van der Waals surface area contributed by atoms with Crippen molar-refractivity contribution in [3.8, 4) is 11.1 Å². The first-order valence-corrected chi connectivity index (χ1v) is 8.89. The quantitative estimate of drug-likeness (QED) is 0.471. The number of para-hydroxylation sites is 2. The fraction of sp³-hybridized carbons (Fsp3) is 0. The molecule has 0 radical (unpaired) electrons. The molecule has 4 aromatic carbocycles. The molecule has 1 nitrogen and oxygen atoms in total. The minimum absolute atomic E-state index is 1.15. The number of rotatable bonds is 4. The maximum Gasteiger partial charge on any atom is 0.139 e. The third-order valence-corrected chi connectivity index (χ3v) is 4.51. The molecule has 0 aromatic heterocycles. The zero-order valence-electron chi connectivity index (χ0n) is 14.8. The SMILES string of the molecule is Bc1ccc(N(c2ccccc2)c2ccccc2)c(-c2ccccc2)c1. The number of anilines is 3. The fourth-order valence-electron chi connectivity index (χ4n) is 3.28. The molecule has 0 aliphatic carbocycles. The van der Waals surface area contributed by atoms with E-state index in [1.807, 2.05) is 0 Å². The molecule has 0 aliphatic rings. The smallest absolute Gasteiger partial charge is 0.139 e. The lowest BCUT2D eigenvalue weighted by Crippen LogP contribution is -2.13. The highest BCUT2D eigenvalue weighted by atomic mass is 15.1. The molecule has 4 aromatic rings. The Morgan fingerprint density at radius 3 is 1.58 bits per heavy atom. The van der Waals surface area contributed by atoms with Crippen LogP contribution in [-0.4, -0.2) is 7.85 Å². The van der Waals surface area contributed by atoms with Gasteiger partial charge in [0.2, 0.25) is 0 Å². The summed E-state index contributed by atoms with van der Waals surface area (Å²) < 4.78 is 0. The van der Waals surface area contributed by atoms with Crippen LogP contribution in [-0.2, 0) is 0 Å². The lowest BCUT2D eigenvalue weighted by molar-refractivity contribution is 1.29. The molecule has 124 valence electrons. The molecule has 0 atom stereocenters. The molecule has 26 heavy (non-hydrogen) atoms. The Balaban J connectivity index is 1.95. The molecule has 4 rings (SSSR count). The summed E-state index contributed by atoms with van der Waals surface area (Å²) >= 11 is 0. The summed E-state index contributed by atoms with van der Waals surface area (Å²) in [4.78, 5) is 2.32. The maximum absolute atomic E-state index is 2.32. The van der Waals surface area contributed by atoms with Crippen LogP contribution in [0, 0.1) is 0 Å². The molecule has 2 heteroatoms. The van der Waals surface area contributed by atoms with Crippen LogP contribution in [0.25, 0.3) is 11.1 Å². The monoisotopic (exact) mass is 333 g/mol. The first-order valence-electron chi connectivity index (χ1n) is 8.89. The van der Waals surface area contributed by atoms with Gasteiger partial charge in [-0.15, -0.1) is 0 Å². The van der Waals surface area contributed by atoms with Gasteiger partial charge in [-0.05, 0) is 35.9 Å². The lowest BCUT2D eigenvalue weighted by Gasteiger charge is -2.28. The summed E-state index contributed by atoms with van der Waals surface area (Å²) in [6, 6.07) is 38.3. The molecule has 0 fully saturated rings. The van der Waals surface area contributed by atoms with Gasteiger partial charge in [-0.3, -0.25) is 0 Å². The van der Waals surface area contributed by atoms with Gasteiger partial charge in [-0.2, -0.15) is 0 Å². The van der Waals surface area contributed by atoms with E-state index in [1.54, 1.807) is 0 Å². The normalized spacial score (nSPS) is 10.5. The Hall–Kier alpha value is -3.26. The summed E-state index contributed by atoms with van der Waals surface area (Å²) in [6.07, 6.45) is 0. The number of benzene rings is 4. The van der Waals surface area contributed by atoms with Gasteiger partial charge < -0.3 is 4.90 Å². The molecule has 0 amide bonds. The van der Waals surface area contributed by atoms with Crippen LogP contribution in [0.3, 0.4) is 0 Å². The highest BCUT2D eigenvalue weighted by Crippen LogP contribution is 2.39. The second-order valence-electron chi connectivity index (χ2n) is 6.39. The Labute approximate surface area is 156 Å². The van der Waals surface area contributed by atoms with Crippen molar-refractivity contribution in [2.45, 2.75) is 0 Å². The van der Waals surface area contributed by atoms with Gasteiger partial charge in [0.15, 0.2) is 0 Å². The van der Waals surface area contributed by atoms with Crippen molar-refractivity contribution in [3.05, 3.63) is 109 Å². The van der Waals surface area contributed by atoms with Crippen LogP contribution in [0.1, 0.15) is 0 Å². The molecule has 0 unspecified atom stereocenters. The van der Waals surface area contributed by atoms with E-state index in [0.29, 0.717) is 0 Å². The minimum Gasteiger partial charge on any atom is -0.310 e. The van der Waals surface area contributed by atoms with Gasteiger partial charge >= 0.3 is 0 Å². The highest BCUT2D eigenvalue weighted by molar-refractivity contribution is 6.32. The molecule has 0 bridgehead atoms. The van der Waals surface area contributed by atoms with Crippen LogP contribution in [0.4, 0.5) is 17.1 Å². The number of hydrogen-bond donors (Lipinski definition) is 0. The van der Waals surface area contributed by atoms with Crippen molar-refractivity contribution in [3.63, 3.8) is 0 Å². The van der Waals surface area contributed by atoms with E-state index in [1.165, 1.54) is 22.3 Å². The zero-order valence-corrected chi connectivity index (χ0v) is 14.8. The predicted octanol–water partition coefficient (Wildman–Crippen LogP) is 5.08. The van der Waals surface area contributed by atoms with E-state index >= 15 is 0 Å². The zero-order chi connectivity index (χ0) is 17.8. The van der Waals surface area contributed by atoms with E-state index in [9.17, 15) is 0 Å². The lowest BCUT2D eigenvalue weighted by atomic mass is 9.90. The van der Waals surface area contributed by atoms with Crippen LogP contribution in [0.15, 0.2) is 109 Å². The topological polar surface area (TPSA) is 3.24 Å². The Morgan fingerprint density at radius 2 is 1.04 bits per heavy atom. The Morgan fingerprint density at radius 1 is 0.538 bits per heavy atom. The van der Waals surface area contributed by atoms with E-state index in [4.69, 9.17) is 0 Å². The molecule has 0 N–H and O–H groups in total. The van der Waals surface area contributed by atoms with Gasteiger partial charge in [0.05, 0.1) is 5.69 Å². The van der Waals surface area contributed by atoms with E-state index in [2.05, 4.69) is 122 Å². The number of nitrogens with zero attached hydrogens (tertiary/aromatic N) is 1. The molecular weight excluding hydrogens is 313 g/mol. The molecule has 0 heterocycles. The van der Waals surface area contributed by atoms with Crippen LogP contribution >= 0.6 is 0 Å². The van der Waals surface area contributed by atoms with Crippen LogP contribution in [0.5, 0.6) is 0 Å². The Bertz CT molecular complexity index is 943. The predicted molar refractivity (Wildman–Crippen MR) is 115 cm³/mol. The van der Waals surface area contributed by atoms with Crippen LogP contribution in [0.2, 0.25) is 0 Å². The number of hydrogen-bond acceptors (Lipinski definition) is 1. The van der Waals surface area contributed by atoms with E-state index in [0.717, 1.165) is 11.4 Å². The summed E-state index contributed by atoms with van der Waals surface area (Å²) in [7, 11) is 2.14. The second-order valence-corrected chi connectivity index (χ2v) is 6.39. The summed E-state index contributed by atoms with van der Waals surface area (Å²) in [6.45, 7) is 0. The molecule has 0 spiro atoms. The molecule has 0 saturated heterocycles. The molecule has 0 saturated carbocycles. The van der Waals surface area contributed by atoms with E-state index in [-0.39, 0.29) is 0 Å². The van der Waals surface area contributed by atoms with Gasteiger partial charge in [0.25, 0.3) is 0 Å². The third-order valence-electron chi connectivity index (χ3n) is 4.51. The average Bonchev–Trinajstić information content (AvgIpc) is 2.71. The van der Waals surface area contributed by atoms with Crippen molar-refractivity contribution in [1.29, 1.82) is 0 Å². The van der Waals surface area contributed by atoms with E-state index < -0.39 is 0 Å². The summed E-state index contributed by atoms with van der Waals surface area (Å²) in [5.41, 5.74) is 7.20. The van der Waals surface area contributed by atoms with Crippen molar-refractivity contribution >= 4 is 30.4 Å². The van der Waals surface area contributed by atoms with Crippen LogP contribution < -0.4 is 10.4 Å². The first kappa shape index (κ1) is 16.2. The first-order chi connectivity index (χ1) is 12.8. The van der Waals surface area contributed by atoms with Crippen molar-refractivity contribution in [2.75, 3.05) is 4.90 Å². The highest BCUT2D eigenvalue weighted by Gasteiger charge is 2.16. The van der Waals surface area contributed by atoms with Gasteiger partial charge in [0, 0.05) is 16.9 Å². The van der Waals surface area contributed by atoms with Gasteiger partial charge in [0.1, 0.15) is 7.85 Å². The third kappa shape index (κ3) is 3.27. The molecular formula is C24H20BN. The standard InChI is InChI=1S/C24H20BN/c25-20-16-17-24(23(18-20)19-10-4-1-5-11-19)26(21-12-6-2-7-13-21)22-14-8-3-9-15-22/h1-18H,25H2. The minimum atomic E-state index is 1.15. The summed E-state index contributed by atoms with van der Waals surface area (Å²) in [5.74, 6) is 0. The average molecular weight is 333 g/mol. The second kappa shape index (κ2) is 7.32. The van der Waals surface area contributed by atoms with Gasteiger partial charge in [-0.1, -0.05) is 84.3 Å². The Kier molecular flexibility index (Phi) is 4.57. The maximum atomic E-state index is 2.32. The fourth-order valence-corrected chi connectivity index (χ4v) is 3.28. The summed E-state index contributed by atoms with van der Waals surface area (Å²) in [5, 5.41) is 0.